The van der Waals surface area contributed by atoms with Crippen molar-refractivity contribution in [2.45, 2.75) is 0 Å². The molecule has 58 valence electrons. The maximum absolute atomic E-state index is 10.7. The molecule has 4 N–H and O–H groups in total. The number of rotatable bonds is 1. The van der Waals surface area contributed by atoms with E-state index in [1.54, 1.807) is 12.3 Å². The van der Waals surface area contributed by atoms with Gasteiger partial charge in [0.15, 0.2) is 0 Å². The Labute approximate surface area is 77.1 Å². The molecule has 0 saturated carbocycles. The molecule has 0 aliphatic rings. The van der Waals surface area contributed by atoms with Crippen LogP contribution in [0.25, 0.3) is 0 Å². The number of aromatic nitrogens is 1. The highest BCUT2D eigenvalue weighted by Gasteiger charge is 2.05. The highest BCUT2D eigenvalue weighted by Crippen LogP contribution is 2.11. The molecule has 0 fully saturated rings. The van der Waals surface area contributed by atoms with E-state index in [0.29, 0.717) is 0 Å². The van der Waals surface area contributed by atoms with Crippen LogP contribution in [0.1, 0.15) is 10.4 Å². The molecule has 0 aliphatic carbocycles. The molecule has 0 saturated heterocycles. The Morgan fingerprint density at radius 2 is 2.27 bits per heavy atom. The van der Waals surface area contributed by atoms with Gasteiger partial charge in [0.25, 0.3) is 5.91 Å². The van der Waals surface area contributed by atoms with Gasteiger partial charge in [0.05, 0.1) is 5.56 Å². The minimum Gasteiger partial charge on any atom is -0.383 e. The number of nitrogen functional groups attached to an aromatic ring is 1. The Balaban J connectivity index is 3.23. The van der Waals surface area contributed by atoms with Gasteiger partial charge in [-0.3, -0.25) is 4.79 Å². The molecule has 0 atom stereocenters. The normalized spacial score (nSPS) is 9.55. The number of hydrogen-bond acceptors (Lipinski definition) is 3. The van der Waals surface area contributed by atoms with Crippen LogP contribution in [0.5, 0.6) is 0 Å². The van der Waals surface area contributed by atoms with Crippen molar-refractivity contribution in [2.24, 2.45) is 5.73 Å². The van der Waals surface area contributed by atoms with Crippen molar-refractivity contribution in [1.82, 2.24) is 4.98 Å². The summed E-state index contributed by atoms with van der Waals surface area (Å²) in [5.41, 5.74) is 10.7. The molecular weight excluding hydrogens is 257 g/mol. The summed E-state index contributed by atoms with van der Waals surface area (Å²) in [5.74, 6) is -0.369. The SMILES string of the molecule is NC(=O)c1cc(I)cnc1N. The zero-order valence-electron chi connectivity index (χ0n) is 5.54. The molecule has 0 bridgehead atoms. The van der Waals surface area contributed by atoms with Gasteiger partial charge < -0.3 is 11.5 Å². The van der Waals surface area contributed by atoms with Gasteiger partial charge in [-0.1, -0.05) is 0 Å². The van der Waals surface area contributed by atoms with E-state index < -0.39 is 5.91 Å². The van der Waals surface area contributed by atoms with Crippen molar-refractivity contribution in [1.29, 1.82) is 0 Å². The van der Waals surface area contributed by atoms with Crippen LogP contribution in [0.4, 0.5) is 5.82 Å². The van der Waals surface area contributed by atoms with Crippen LogP contribution < -0.4 is 11.5 Å². The number of amides is 1. The van der Waals surface area contributed by atoms with Gasteiger partial charge in [0, 0.05) is 9.77 Å². The van der Waals surface area contributed by atoms with Crippen LogP contribution in [-0.4, -0.2) is 10.9 Å². The fourth-order valence-electron chi connectivity index (χ4n) is 0.647. The Bertz CT molecular complexity index is 300. The molecule has 4 nitrogen and oxygen atoms in total. The van der Waals surface area contributed by atoms with Gasteiger partial charge >= 0.3 is 0 Å². The van der Waals surface area contributed by atoms with Crippen LogP contribution in [0.2, 0.25) is 0 Å². The maximum Gasteiger partial charge on any atom is 0.252 e. The highest BCUT2D eigenvalue weighted by atomic mass is 127. The Kier molecular flexibility index (Phi) is 2.28. The summed E-state index contributed by atoms with van der Waals surface area (Å²) in [6.07, 6.45) is 1.57. The number of carbonyl (C=O) groups is 1. The number of pyridine rings is 1. The Morgan fingerprint density at radius 1 is 1.64 bits per heavy atom. The van der Waals surface area contributed by atoms with Gasteiger partial charge in [-0.15, -0.1) is 0 Å². The summed E-state index contributed by atoms with van der Waals surface area (Å²) in [5, 5.41) is 0. The van der Waals surface area contributed by atoms with Crippen molar-refractivity contribution < 1.29 is 4.79 Å². The summed E-state index contributed by atoms with van der Waals surface area (Å²) in [7, 11) is 0. The number of anilines is 1. The summed E-state index contributed by atoms with van der Waals surface area (Å²) in [4.78, 5) is 14.4. The molecule has 0 radical (unpaired) electrons. The summed E-state index contributed by atoms with van der Waals surface area (Å²) < 4.78 is 0.839. The first-order valence-electron chi connectivity index (χ1n) is 2.82. The average Bonchev–Trinajstić information content (AvgIpc) is 1.94. The second kappa shape index (κ2) is 3.04. The van der Waals surface area contributed by atoms with E-state index in [1.807, 2.05) is 22.6 Å². The first-order chi connectivity index (χ1) is 5.11. The minimum atomic E-state index is -0.548. The number of carbonyl (C=O) groups excluding carboxylic acids is 1. The number of halogens is 1. The molecule has 5 heteroatoms. The van der Waals surface area contributed by atoms with E-state index in [4.69, 9.17) is 11.5 Å². The number of nitrogens with two attached hydrogens (primary N) is 2. The molecule has 0 unspecified atom stereocenters. The van der Waals surface area contributed by atoms with E-state index in [1.165, 1.54) is 0 Å². The molecule has 1 rings (SSSR count). The van der Waals surface area contributed by atoms with E-state index in [2.05, 4.69) is 4.98 Å². The molecule has 0 spiro atoms. The second-order valence-corrected chi connectivity index (χ2v) is 3.20. The summed E-state index contributed by atoms with van der Waals surface area (Å²) >= 11 is 2.03. The molecule has 1 aromatic heterocycles. The van der Waals surface area contributed by atoms with E-state index in [-0.39, 0.29) is 11.4 Å². The lowest BCUT2D eigenvalue weighted by atomic mass is 10.2. The van der Waals surface area contributed by atoms with Crippen molar-refractivity contribution >= 4 is 34.3 Å². The van der Waals surface area contributed by atoms with Crippen LogP contribution >= 0.6 is 22.6 Å². The molecule has 0 aromatic carbocycles. The van der Waals surface area contributed by atoms with Crippen LogP contribution in [0.3, 0.4) is 0 Å². The van der Waals surface area contributed by atoms with E-state index in [0.717, 1.165) is 3.57 Å². The van der Waals surface area contributed by atoms with Gasteiger partial charge in [-0.05, 0) is 28.7 Å². The van der Waals surface area contributed by atoms with Crippen molar-refractivity contribution in [3.05, 3.63) is 21.4 Å². The standard InChI is InChI=1S/C6H6IN3O/c7-3-1-4(6(9)11)5(8)10-2-3/h1-2H,(H2,8,10)(H2,9,11). The van der Waals surface area contributed by atoms with Crippen LogP contribution in [0, 0.1) is 3.57 Å². The van der Waals surface area contributed by atoms with Crippen molar-refractivity contribution in [3.8, 4) is 0 Å². The molecule has 1 aromatic rings. The fraction of sp³-hybridized carbons (Fsp3) is 0. The minimum absolute atomic E-state index is 0.179. The lowest BCUT2D eigenvalue weighted by Gasteiger charge is -1.99. The average molecular weight is 263 g/mol. The summed E-state index contributed by atoms with van der Waals surface area (Å²) in [6.45, 7) is 0. The van der Waals surface area contributed by atoms with Crippen molar-refractivity contribution in [3.63, 3.8) is 0 Å². The molecule has 1 heterocycles. The van der Waals surface area contributed by atoms with Gasteiger partial charge in [-0.2, -0.15) is 0 Å². The smallest absolute Gasteiger partial charge is 0.252 e. The second-order valence-electron chi connectivity index (χ2n) is 1.95. The fourth-order valence-corrected chi connectivity index (χ4v) is 1.10. The molecule has 11 heavy (non-hydrogen) atoms. The third-order valence-electron chi connectivity index (χ3n) is 1.15. The molecule has 0 aliphatic heterocycles. The largest absolute Gasteiger partial charge is 0.383 e. The highest BCUT2D eigenvalue weighted by molar-refractivity contribution is 14.1. The molecular formula is C6H6IN3O. The van der Waals surface area contributed by atoms with E-state index in [9.17, 15) is 4.79 Å². The first-order valence-corrected chi connectivity index (χ1v) is 3.90. The van der Waals surface area contributed by atoms with E-state index >= 15 is 0 Å². The summed E-state index contributed by atoms with van der Waals surface area (Å²) in [6, 6.07) is 1.60. The lowest BCUT2D eigenvalue weighted by Crippen LogP contribution is -2.14. The van der Waals surface area contributed by atoms with Gasteiger partial charge in [-0.25, -0.2) is 4.98 Å². The monoisotopic (exact) mass is 263 g/mol. The third kappa shape index (κ3) is 1.79. The van der Waals surface area contributed by atoms with Crippen LogP contribution in [0.15, 0.2) is 12.3 Å². The van der Waals surface area contributed by atoms with Gasteiger partial charge in [0.1, 0.15) is 5.82 Å². The first kappa shape index (κ1) is 8.25. The Hall–Kier alpha value is -0.850. The predicted octanol–water partition coefficient (Wildman–Crippen LogP) is 0.367. The maximum atomic E-state index is 10.7. The Morgan fingerprint density at radius 3 is 2.73 bits per heavy atom. The zero-order valence-corrected chi connectivity index (χ0v) is 7.70. The molecule has 1 amide bonds. The number of primary amides is 1. The third-order valence-corrected chi connectivity index (χ3v) is 1.74. The predicted molar refractivity (Wildman–Crippen MR) is 49.9 cm³/mol. The number of hydrogen-bond donors (Lipinski definition) is 2. The zero-order chi connectivity index (χ0) is 8.43. The quantitative estimate of drug-likeness (QED) is 0.718. The lowest BCUT2D eigenvalue weighted by molar-refractivity contribution is 0.100. The number of nitrogens with zero attached hydrogens (tertiary/aromatic N) is 1. The van der Waals surface area contributed by atoms with Crippen LogP contribution in [-0.2, 0) is 0 Å². The van der Waals surface area contributed by atoms with Crippen molar-refractivity contribution in [2.75, 3.05) is 5.73 Å². The topological polar surface area (TPSA) is 82.0 Å². The van der Waals surface area contributed by atoms with Gasteiger partial charge in [0.2, 0.25) is 0 Å².